The second kappa shape index (κ2) is 6.81. The van der Waals surface area contributed by atoms with Gasteiger partial charge in [0.25, 0.3) is 0 Å². The Morgan fingerprint density at radius 2 is 1.10 bits per heavy atom. The molecule has 4 nitrogen and oxygen atoms in total. The quantitative estimate of drug-likeness (QED) is 0.491. The maximum Gasteiger partial charge on any atom is 0.213 e. The van der Waals surface area contributed by atoms with Crippen LogP contribution in [0.15, 0.2) is 73.3 Å². The first-order chi connectivity index (χ1) is 14.2. The molecule has 0 atom stereocenters. The summed E-state index contributed by atoms with van der Waals surface area (Å²) in [5, 5.41) is 0. The molecular weight excluding hydrogens is 370 g/mol. The fourth-order valence-electron chi connectivity index (χ4n) is 4.35. The highest BCUT2D eigenvalue weighted by Crippen LogP contribution is 2.50. The van der Waals surface area contributed by atoms with Crippen molar-refractivity contribution in [1.82, 2.24) is 19.9 Å². The van der Waals surface area contributed by atoms with Crippen LogP contribution in [0.2, 0.25) is 0 Å². The zero-order chi connectivity index (χ0) is 19.8. The van der Waals surface area contributed by atoms with Crippen molar-refractivity contribution in [1.29, 1.82) is 0 Å². The molecule has 0 aromatic carbocycles. The van der Waals surface area contributed by atoms with Gasteiger partial charge in [0.05, 0.1) is 11.4 Å². The molecule has 0 radical (unpaired) electrons. The average Bonchev–Trinajstić information content (AvgIpc) is 2.99. The largest absolute Gasteiger partial charge is 0.254 e. The maximum atomic E-state index is 13.8. The van der Waals surface area contributed by atoms with Crippen LogP contribution in [0.25, 0.3) is 11.4 Å². The van der Waals surface area contributed by atoms with E-state index in [4.69, 9.17) is 0 Å². The molecule has 1 aliphatic rings. The number of pyridine rings is 4. The lowest BCUT2D eigenvalue weighted by atomic mass is 9.70. The number of hydrogen-bond donors (Lipinski definition) is 0. The first-order valence-electron chi connectivity index (χ1n) is 9.28. The number of fused-ring (bicyclic) bond motifs is 3. The van der Waals surface area contributed by atoms with Crippen LogP contribution in [-0.4, -0.2) is 19.9 Å². The Morgan fingerprint density at radius 3 is 1.55 bits per heavy atom. The summed E-state index contributed by atoms with van der Waals surface area (Å²) in [4.78, 5) is 16.5. The van der Waals surface area contributed by atoms with Gasteiger partial charge in [-0.3, -0.25) is 9.97 Å². The van der Waals surface area contributed by atoms with E-state index in [1.165, 1.54) is 24.5 Å². The van der Waals surface area contributed by atoms with Crippen molar-refractivity contribution in [3.8, 4) is 11.4 Å². The van der Waals surface area contributed by atoms with Crippen molar-refractivity contribution in [2.24, 2.45) is 0 Å². The smallest absolute Gasteiger partial charge is 0.213 e. The highest BCUT2D eigenvalue weighted by atomic mass is 19.1. The van der Waals surface area contributed by atoms with Crippen LogP contribution >= 0.6 is 0 Å². The third kappa shape index (κ3) is 2.97. The summed E-state index contributed by atoms with van der Waals surface area (Å²) in [6, 6.07) is 14.3. The molecular formula is C23H16F2N4. The van der Waals surface area contributed by atoms with Gasteiger partial charge in [-0.15, -0.1) is 0 Å². The van der Waals surface area contributed by atoms with E-state index in [-0.39, 0.29) is 0 Å². The third-order valence-corrected chi connectivity index (χ3v) is 5.46. The van der Waals surface area contributed by atoms with Gasteiger partial charge >= 0.3 is 0 Å². The topological polar surface area (TPSA) is 51.6 Å². The van der Waals surface area contributed by atoms with Crippen molar-refractivity contribution < 1.29 is 8.78 Å². The van der Waals surface area contributed by atoms with Gasteiger partial charge in [0.2, 0.25) is 11.9 Å². The normalized spacial score (nSPS) is 13.7. The summed E-state index contributed by atoms with van der Waals surface area (Å²) in [5.41, 5.74) is 4.68. The van der Waals surface area contributed by atoms with Gasteiger partial charge in [0.15, 0.2) is 0 Å². The summed E-state index contributed by atoms with van der Waals surface area (Å²) >= 11 is 0. The third-order valence-electron chi connectivity index (χ3n) is 5.46. The van der Waals surface area contributed by atoms with Crippen molar-refractivity contribution in [3.05, 3.63) is 107 Å². The predicted octanol–water partition coefficient (Wildman–Crippen LogP) is 4.30. The molecule has 0 unspecified atom stereocenters. The van der Waals surface area contributed by atoms with Crippen LogP contribution in [0, 0.1) is 11.9 Å². The molecule has 1 aliphatic carbocycles. The van der Waals surface area contributed by atoms with Gasteiger partial charge in [-0.2, -0.15) is 8.78 Å². The van der Waals surface area contributed by atoms with Gasteiger partial charge in [-0.25, -0.2) is 9.97 Å². The number of aromatic nitrogens is 4. The average molecular weight is 386 g/mol. The van der Waals surface area contributed by atoms with E-state index in [1.54, 1.807) is 12.4 Å². The summed E-state index contributed by atoms with van der Waals surface area (Å²) in [6.07, 6.45) is 7.43. The zero-order valence-corrected chi connectivity index (χ0v) is 15.4. The van der Waals surface area contributed by atoms with E-state index in [0.29, 0.717) is 12.8 Å². The van der Waals surface area contributed by atoms with Crippen molar-refractivity contribution in [2.75, 3.05) is 0 Å². The van der Waals surface area contributed by atoms with Crippen molar-refractivity contribution in [3.63, 3.8) is 0 Å². The SMILES string of the molecule is Fc1cc(CC2(Cc3ccnc(F)c3)c3cccnc3-c3ncccc32)ccn1. The van der Waals surface area contributed by atoms with E-state index < -0.39 is 17.3 Å². The Balaban J connectivity index is 1.74. The van der Waals surface area contributed by atoms with Crippen LogP contribution in [0.4, 0.5) is 8.78 Å². The predicted molar refractivity (Wildman–Crippen MR) is 104 cm³/mol. The molecule has 0 spiro atoms. The Morgan fingerprint density at radius 1 is 0.621 bits per heavy atom. The lowest BCUT2D eigenvalue weighted by molar-refractivity contribution is 0.508. The van der Waals surface area contributed by atoms with Gasteiger partial charge in [-0.05, 0) is 71.5 Å². The summed E-state index contributed by atoms with van der Waals surface area (Å²) in [5.74, 6) is -1.05. The Hall–Kier alpha value is -3.54. The maximum absolute atomic E-state index is 13.8. The molecule has 4 heterocycles. The molecule has 0 saturated heterocycles. The molecule has 5 rings (SSSR count). The zero-order valence-electron chi connectivity index (χ0n) is 15.4. The van der Waals surface area contributed by atoms with Crippen molar-refractivity contribution in [2.45, 2.75) is 18.3 Å². The molecule has 29 heavy (non-hydrogen) atoms. The molecule has 0 amide bonds. The number of nitrogens with zero attached hydrogens (tertiary/aromatic N) is 4. The second-order valence-electron chi connectivity index (χ2n) is 7.21. The van der Waals surface area contributed by atoms with Crippen molar-refractivity contribution >= 4 is 0 Å². The van der Waals surface area contributed by atoms with Gasteiger partial charge in [-0.1, -0.05) is 12.1 Å². The molecule has 0 N–H and O–H groups in total. The monoisotopic (exact) mass is 386 g/mol. The van der Waals surface area contributed by atoms with Gasteiger partial charge < -0.3 is 0 Å². The van der Waals surface area contributed by atoms with Crippen LogP contribution < -0.4 is 0 Å². The van der Waals surface area contributed by atoms with E-state index in [9.17, 15) is 8.78 Å². The summed E-state index contributed by atoms with van der Waals surface area (Å²) in [7, 11) is 0. The summed E-state index contributed by atoms with van der Waals surface area (Å²) < 4.78 is 27.7. The summed E-state index contributed by atoms with van der Waals surface area (Å²) in [6.45, 7) is 0. The van der Waals surface area contributed by atoms with Gasteiger partial charge in [0, 0.05) is 30.2 Å². The van der Waals surface area contributed by atoms with E-state index in [2.05, 4.69) is 19.9 Å². The molecule has 0 bridgehead atoms. The Labute approximate surface area is 166 Å². The molecule has 6 heteroatoms. The second-order valence-corrected chi connectivity index (χ2v) is 7.21. The fourth-order valence-corrected chi connectivity index (χ4v) is 4.35. The van der Waals surface area contributed by atoms with Crippen LogP contribution in [-0.2, 0) is 18.3 Å². The number of halogens is 2. The minimum Gasteiger partial charge on any atom is -0.254 e. The van der Waals surface area contributed by atoms with Crippen LogP contribution in [0.1, 0.15) is 22.3 Å². The first-order valence-corrected chi connectivity index (χ1v) is 9.28. The highest BCUT2D eigenvalue weighted by Gasteiger charge is 2.44. The number of hydrogen-bond acceptors (Lipinski definition) is 4. The molecule has 4 aromatic rings. The van der Waals surface area contributed by atoms with E-state index >= 15 is 0 Å². The lowest BCUT2D eigenvalue weighted by Gasteiger charge is -2.32. The standard InChI is InChI=1S/C23H16F2N4/c24-19-11-15(5-9-26-19)13-23(14-16-6-10-27-20(25)12-16)17-3-1-7-28-21(17)22-18(23)4-2-8-29-22/h1-12H,13-14H2. The number of rotatable bonds is 4. The lowest BCUT2D eigenvalue weighted by Crippen LogP contribution is -2.31. The van der Waals surface area contributed by atoms with Gasteiger partial charge in [0.1, 0.15) is 0 Å². The van der Waals surface area contributed by atoms with E-state index in [1.807, 2.05) is 36.4 Å². The first kappa shape index (κ1) is 17.6. The van der Waals surface area contributed by atoms with Crippen LogP contribution in [0.5, 0.6) is 0 Å². The molecule has 4 aromatic heterocycles. The Bertz CT molecular complexity index is 1110. The fraction of sp³-hybridized carbons (Fsp3) is 0.130. The minimum atomic E-state index is -0.561. The highest BCUT2D eigenvalue weighted by molar-refractivity contribution is 5.75. The minimum absolute atomic E-state index is 0.508. The molecule has 0 aliphatic heterocycles. The molecule has 142 valence electrons. The van der Waals surface area contributed by atoms with Crippen LogP contribution in [0.3, 0.4) is 0 Å². The molecule has 0 saturated carbocycles. The van der Waals surface area contributed by atoms with E-state index in [0.717, 1.165) is 33.6 Å². The Kier molecular flexibility index (Phi) is 4.12. The molecule has 0 fully saturated rings.